The van der Waals surface area contributed by atoms with Gasteiger partial charge < -0.3 is 10.2 Å². The number of halogens is 1. The first-order valence-electron chi connectivity index (χ1n) is 5.42. The minimum absolute atomic E-state index is 0.584. The van der Waals surface area contributed by atoms with Gasteiger partial charge in [-0.15, -0.1) is 0 Å². The Labute approximate surface area is 105 Å². The van der Waals surface area contributed by atoms with E-state index in [1.807, 2.05) is 0 Å². The Morgan fingerprint density at radius 3 is 2.60 bits per heavy atom. The van der Waals surface area contributed by atoms with Gasteiger partial charge in [-0.3, -0.25) is 0 Å². The molecule has 0 aliphatic carbocycles. The zero-order chi connectivity index (χ0) is 10.8. The molecule has 0 bridgehead atoms. The van der Waals surface area contributed by atoms with Crippen molar-refractivity contribution in [2.75, 3.05) is 18.0 Å². The lowest BCUT2D eigenvalue weighted by molar-refractivity contribution is 0.425. The van der Waals surface area contributed by atoms with Gasteiger partial charge in [0.05, 0.1) is 0 Å². The molecular formula is C12H17IN2. The van der Waals surface area contributed by atoms with Crippen molar-refractivity contribution in [2.45, 2.75) is 25.9 Å². The number of nitrogens with zero attached hydrogens (tertiary/aromatic N) is 1. The number of anilines is 1. The number of rotatable bonds is 1. The fourth-order valence-electron chi connectivity index (χ4n) is 2.01. The van der Waals surface area contributed by atoms with Crippen molar-refractivity contribution in [3.63, 3.8) is 0 Å². The van der Waals surface area contributed by atoms with E-state index in [1.165, 1.54) is 9.26 Å². The summed E-state index contributed by atoms with van der Waals surface area (Å²) in [4.78, 5) is 2.48. The standard InChI is InChI=1S/C12H17IN2/c1-9-8-15(10(2)7-14-9)12-5-3-11(13)4-6-12/h3-6,9-10,14H,7-8H2,1-2H3/t9-,10+/m1/s1. The Hall–Kier alpha value is -0.290. The summed E-state index contributed by atoms with van der Waals surface area (Å²) in [5.41, 5.74) is 1.34. The summed E-state index contributed by atoms with van der Waals surface area (Å²) in [6, 6.07) is 9.96. The van der Waals surface area contributed by atoms with Gasteiger partial charge in [-0.05, 0) is 60.7 Å². The third kappa shape index (κ3) is 2.64. The van der Waals surface area contributed by atoms with E-state index >= 15 is 0 Å². The van der Waals surface area contributed by atoms with Gasteiger partial charge in [0.1, 0.15) is 0 Å². The maximum Gasteiger partial charge on any atom is 0.0387 e. The van der Waals surface area contributed by atoms with Gasteiger partial charge in [-0.1, -0.05) is 0 Å². The number of hydrogen-bond acceptors (Lipinski definition) is 2. The second kappa shape index (κ2) is 4.70. The highest BCUT2D eigenvalue weighted by Gasteiger charge is 2.22. The third-order valence-corrected chi connectivity index (χ3v) is 3.64. The Bertz CT molecular complexity index is 323. The Balaban J connectivity index is 2.17. The molecule has 0 unspecified atom stereocenters. The fraction of sp³-hybridized carbons (Fsp3) is 0.500. The van der Waals surface area contributed by atoms with Crippen LogP contribution in [0.5, 0.6) is 0 Å². The van der Waals surface area contributed by atoms with Crippen LogP contribution in [0.3, 0.4) is 0 Å². The Morgan fingerprint density at radius 2 is 1.93 bits per heavy atom. The van der Waals surface area contributed by atoms with Gasteiger partial charge >= 0.3 is 0 Å². The average Bonchev–Trinajstić information content (AvgIpc) is 2.23. The van der Waals surface area contributed by atoms with Crippen molar-refractivity contribution in [1.82, 2.24) is 5.32 Å². The molecule has 2 rings (SSSR count). The van der Waals surface area contributed by atoms with Crippen LogP contribution in [-0.4, -0.2) is 25.2 Å². The molecule has 2 nitrogen and oxygen atoms in total. The highest BCUT2D eigenvalue weighted by Crippen LogP contribution is 2.20. The fourth-order valence-corrected chi connectivity index (χ4v) is 2.37. The van der Waals surface area contributed by atoms with Crippen molar-refractivity contribution in [3.8, 4) is 0 Å². The zero-order valence-corrected chi connectivity index (χ0v) is 11.4. The normalized spacial score (nSPS) is 26.7. The molecule has 0 amide bonds. The molecule has 0 spiro atoms. The van der Waals surface area contributed by atoms with Gasteiger partial charge in [-0.2, -0.15) is 0 Å². The van der Waals surface area contributed by atoms with Crippen LogP contribution in [0.4, 0.5) is 5.69 Å². The van der Waals surface area contributed by atoms with E-state index in [4.69, 9.17) is 0 Å². The molecule has 2 atom stereocenters. The molecule has 0 aromatic heterocycles. The van der Waals surface area contributed by atoms with E-state index in [-0.39, 0.29) is 0 Å². The monoisotopic (exact) mass is 316 g/mol. The molecule has 15 heavy (non-hydrogen) atoms. The number of hydrogen-bond donors (Lipinski definition) is 1. The third-order valence-electron chi connectivity index (χ3n) is 2.92. The van der Waals surface area contributed by atoms with E-state index in [0.29, 0.717) is 12.1 Å². The van der Waals surface area contributed by atoms with Crippen LogP contribution in [0.25, 0.3) is 0 Å². The van der Waals surface area contributed by atoms with Crippen LogP contribution >= 0.6 is 22.6 Å². The second-order valence-electron chi connectivity index (χ2n) is 4.29. The molecule has 1 saturated heterocycles. The van der Waals surface area contributed by atoms with Crippen molar-refractivity contribution >= 4 is 28.3 Å². The summed E-state index contributed by atoms with van der Waals surface area (Å²) >= 11 is 2.35. The molecular weight excluding hydrogens is 299 g/mol. The quantitative estimate of drug-likeness (QED) is 0.801. The van der Waals surface area contributed by atoms with Crippen molar-refractivity contribution < 1.29 is 0 Å². The van der Waals surface area contributed by atoms with Crippen molar-refractivity contribution in [1.29, 1.82) is 0 Å². The van der Waals surface area contributed by atoms with Crippen LogP contribution in [0.2, 0.25) is 0 Å². The molecule has 1 N–H and O–H groups in total. The Morgan fingerprint density at radius 1 is 1.27 bits per heavy atom. The molecule has 0 saturated carbocycles. The minimum Gasteiger partial charge on any atom is -0.366 e. The van der Waals surface area contributed by atoms with E-state index in [1.54, 1.807) is 0 Å². The molecule has 1 aliphatic heterocycles. The summed E-state index contributed by atoms with van der Waals surface area (Å²) in [6.45, 7) is 6.69. The number of piperazine rings is 1. The lowest BCUT2D eigenvalue weighted by Gasteiger charge is -2.39. The predicted octanol–water partition coefficient (Wildman–Crippen LogP) is 2.48. The van der Waals surface area contributed by atoms with Gasteiger partial charge in [0, 0.05) is 34.4 Å². The predicted molar refractivity (Wildman–Crippen MR) is 73.4 cm³/mol. The molecule has 1 aliphatic rings. The van der Waals surface area contributed by atoms with E-state index in [9.17, 15) is 0 Å². The maximum atomic E-state index is 3.50. The SMILES string of the molecule is C[C@@H]1CN(c2ccc(I)cc2)[C@@H](C)CN1. The molecule has 1 heterocycles. The summed E-state index contributed by atoms with van der Waals surface area (Å²) in [5.74, 6) is 0. The van der Waals surface area contributed by atoms with Gasteiger partial charge in [-0.25, -0.2) is 0 Å². The van der Waals surface area contributed by atoms with Gasteiger partial charge in [0.15, 0.2) is 0 Å². The van der Waals surface area contributed by atoms with Crippen LogP contribution in [0.15, 0.2) is 24.3 Å². The summed E-state index contributed by atoms with van der Waals surface area (Å²) in [5, 5.41) is 3.50. The summed E-state index contributed by atoms with van der Waals surface area (Å²) in [6.07, 6.45) is 0. The van der Waals surface area contributed by atoms with Crippen molar-refractivity contribution in [3.05, 3.63) is 27.8 Å². The van der Waals surface area contributed by atoms with E-state index < -0.39 is 0 Å². The lowest BCUT2D eigenvalue weighted by Crippen LogP contribution is -2.54. The largest absolute Gasteiger partial charge is 0.366 e. The van der Waals surface area contributed by atoms with Crippen molar-refractivity contribution in [2.24, 2.45) is 0 Å². The topological polar surface area (TPSA) is 15.3 Å². The first-order valence-corrected chi connectivity index (χ1v) is 6.50. The zero-order valence-electron chi connectivity index (χ0n) is 9.20. The number of benzene rings is 1. The summed E-state index contributed by atoms with van der Waals surface area (Å²) < 4.78 is 1.30. The first kappa shape index (κ1) is 11.2. The smallest absolute Gasteiger partial charge is 0.0387 e. The highest BCUT2D eigenvalue weighted by atomic mass is 127. The molecule has 1 aromatic rings. The van der Waals surface area contributed by atoms with Gasteiger partial charge in [0.2, 0.25) is 0 Å². The lowest BCUT2D eigenvalue weighted by atomic mass is 10.1. The minimum atomic E-state index is 0.584. The average molecular weight is 316 g/mol. The van der Waals surface area contributed by atoms with E-state index in [0.717, 1.165) is 13.1 Å². The second-order valence-corrected chi connectivity index (χ2v) is 5.53. The Kier molecular flexibility index (Phi) is 3.51. The molecule has 1 aromatic carbocycles. The van der Waals surface area contributed by atoms with Crippen LogP contribution in [0, 0.1) is 3.57 Å². The molecule has 0 radical (unpaired) electrons. The van der Waals surface area contributed by atoms with Crippen LogP contribution in [-0.2, 0) is 0 Å². The first-order chi connectivity index (χ1) is 7.16. The van der Waals surface area contributed by atoms with Gasteiger partial charge in [0.25, 0.3) is 0 Å². The molecule has 3 heteroatoms. The molecule has 1 fully saturated rings. The molecule has 82 valence electrons. The van der Waals surface area contributed by atoms with Crippen LogP contribution < -0.4 is 10.2 Å². The summed E-state index contributed by atoms with van der Waals surface area (Å²) in [7, 11) is 0. The number of nitrogens with one attached hydrogen (secondary N) is 1. The van der Waals surface area contributed by atoms with E-state index in [2.05, 4.69) is 70.9 Å². The van der Waals surface area contributed by atoms with Crippen LogP contribution in [0.1, 0.15) is 13.8 Å². The maximum absolute atomic E-state index is 3.50. The highest BCUT2D eigenvalue weighted by molar-refractivity contribution is 14.1.